The number of carbonyl (C=O) groups is 2. The van der Waals surface area contributed by atoms with Gasteiger partial charge in [-0.25, -0.2) is 0 Å². The summed E-state index contributed by atoms with van der Waals surface area (Å²) >= 11 is 1.61. The van der Waals surface area contributed by atoms with Gasteiger partial charge in [0, 0.05) is 25.3 Å². The van der Waals surface area contributed by atoms with E-state index in [0.717, 1.165) is 29.7 Å². The molecule has 0 unspecified atom stereocenters. The van der Waals surface area contributed by atoms with Gasteiger partial charge in [0.05, 0.1) is 11.1 Å². The van der Waals surface area contributed by atoms with Gasteiger partial charge in [-0.15, -0.1) is 10.2 Å². The Morgan fingerprint density at radius 2 is 1.55 bits per heavy atom. The summed E-state index contributed by atoms with van der Waals surface area (Å²) in [6, 6.07) is 17.2. The van der Waals surface area contributed by atoms with Crippen LogP contribution in [-0.4, -0.2) is 43.8 Å². The van der Waals surface area contributed by atoms with Crippen molar-refractivity contribution in [3.8, 4) is 0 Å². The molecule has 0 bridgehead atoms. The Bertz CT molecular complexity index is 997. The van der Waals surface area contributed by atoms with Crippen molar-refractivity contribution in [2.75, 3.05) is 12.3 Å². The Morgan fingerprint density at radius 1 is 0.897 bits per heavy atom. The summed E-state index contributed by atoms with van der Waals surface area (Å²) in [5.74, 6) is 1.31. The summed E-state index contributed by atoms with van der Waals surface area (Å²) in [4.78, 5) is 26.2. The maximum absolute atomic E-state index is 12.4. The Hall–Kier alpha value is -2.93. The molecule has 0 fully saturated rings. The van der Waals surface area contributed by atoms with Crippen LogP contribution in [0.5, 0.6) is 0 Å². The van der Waals surface area contributed by atoms with Crippen LogP contribution in [0.25, 0.3) is 0 Å². The third-order valence-electron chi connectivity index (χ3n) is 4.95. The van der Waals surface area contributed by atoms with Crippen LogP contribution >= 0.6 is 11.8 Å². The molecule has 7 heteroatoms. The van der Waals surface area contributed by atoms with Crippen molar-refractivity contribution >= 4 is 23.6 Å². The molecule has 2 amide bonds. The SMILES string of the molecule is CCn1c(Cc2ccccc2)nnc1SCCCN1C(=O)c2ccccc2C1=O. The molecule has 0 N–H and O–H groups in total. The number of fused-ring (bicyclic) bond motifs is 1. The van der Waals surface area contributed by atoms with Gasteiger partial charge in [-0.05, 0) is 31.0 Å². The predicted molar refractivity (Wildman–Crippen MR) is 112 cm³/mol. The zero-order valence-corrected chi connectivity index (χ0v) is 17.1. The third kappa shape index (κ3) is 3.96. The number of aromatic nitrogens is 3. The van der Waals surface area contributed by atoms with E-state index in [1.807, 2.05) is 18.2 Å². The minimum Gasteiger partial charge on any atom is -0.306 e. The van der Waals surface area contributed by atoms with Crippen LogP contribution in [-0.2, 0) is 13.0 Å². The van der Waals surface area contributed by atoms with Gasteiger partial charge in [-0.2, -0.15) is 0 Å². The zero-order valence-electron chi connectivity index (χ0n) is 16.2. The van der Waals surface area contributed by atoms with Crippen LogP contribution in [0.1, 0.15) is 45.4 Å². The first-order valence-electron chi connectivity index (χ1n) is 9.73. The number of carbonyl (C=O) groups excluding carboxylic acids is 2. The fourth-order valence-corrected chi connectivity index (χ4v) is 4.43. The van der Waals surface area contributed by atoms with Crippen molar-refractivity contribution in [3.63, 3.8) is 0 Å². The summed E-state index contributed by atoms with van der Waals surface area (Å²) < 4.78 is 2.12. The van der Waals surface area contributed by atoms with Crippen molar-refractivity contribution in [3.05, 3.63) is 77.1 Å². The number of amides is 2. The number of nitrogens with zero attached hydrogens (tertiary/aromatic N) is 4. The molecular weight excluding hydrogens is 384 g/mol. The molecule has 0 radical (unpaired) electrons. The maximum Gasteiger partial charge on any atom is 0.261 e. The van der Waals surface area contributed by atoms with Crippen molar-refractivity contribution in [2.45, 2.75) is 31.5 Å². The molecule has 2 heterocycles. The van der Waals surface area contributed by atoms with E-state index >= 15 is 0 Å². The molecule has 148 valence electrons. The van der Waals surface area contributed by atoms with Crippen LogP contribution in [0.3, 0.4) is 0 Å². The highest BCUT2D eigenvalue weighted by atomic mass is 32.2. The number of benzene rings is 2. The molecule has 0 aliphatic carbocycles. The maximum atomic E-state index is 12.4. The van der Waals surface area contributed by atoms with Crippen molar-refractivity contribution in [1.29, 1.82) is 0 Å². The summed E-state index contributed by atoms with van der Waals surface area (Å²) in [6.45, 7) is 3.30. The Balaban J connectivity index is 1.33. The predicted octanol–water partition coefficient (Wildman–Crippen LogP) is 3.67. The highest BCUT2D eigenvalue weighted by Crippen LogP contribution is 2.24. The highest BCUT2D eigenvalue weighted by Gasteiger charge is 2.34. The molecule has 0 saturated heterocycles. The minimum absolute atomic E-state index is 0.197. The number of imide groups is 1. The summed E-state index contributed by atoms with van der Waals surface area (Å²) in [7, 11) is 0. The first kappa shape index (κ1) is 19.4. The molecular formula is C22H22N4O2S. The van der Waals surface area contributed by atoms with Gasteiger partial charge in [-0.1, -0.05) is 54.2 Å². The van der Waals surface area contributed by atoms with E-state index in [2.05, 4.69) is 33.8 Å². The lowest BCUT2D eigenvalue weighted by Crippen LogP contribution is -2.31. The fraction of sp³-hybridized carbons (Fsp3) is 0.273. The molecule has 4 rings (SSSR count). The molecule has 0 atom stereocenters. The fourth-order valence-electron chi connectivity index (χ4n) is 3.48. The molecule has 2 aromatic carbocycles. The average molecular weight is 407 g/mol. The number of rotatable bonds is 8. The number of hydrogen-bond donors (Lipinski definition) is 0. The average Bonchev–Trinajstić information content (AvgIpc) is 3.25. The summed E-state index contributed by atoms with van der Waals surface area (Å²) in [5.41, 5.74) is 2.21. The van der Waals surface area contributed by atoms with Gasteiger partial charge in [0.1, 0.15) is 5.82 Å². The highest BCUT2D eigenvalue weighted by molar-refractivity contribution is 7.99. The van der Waals surface area contributed by atoms with Gasteiger partial charge in [-0.3, -0.25) is 14.5 Å². The first-order valence-corrected chi connectivity index (χ1v) is 10.7. The van der Waals surface area contributed by atoms with Crippen molar-refractivity contribution < 1.29 is 9.59 Å². The van der Waals surface area contributed by atoms with E-state index in [1.54, 1.807) is 36.0 Å². The summed E-state index contributed by atoms with van der Waals surface area (Å²) in [6.07, 6.45) is 1.46. The largest absolute Gasteiger partial charge is 0.306 e. The molecule has 3 aromatic rings. The molecule has 1 aliphatic rings. The molecule has 29 heavy (non-hydrogen) atoms. The molecule has 0 saturated carbocycles. The van der Waals surface area contributed by atoms with E-state index in [9.17, 15) is 9.59 Å². The molecule has 0 spiro atoms. The topological polar surface area (TPSA) is 68.1 Å². The second-order valence-corrected chi connectivity index (χ2v) is 7.88. The second-order valence-electron chi connectivity index (χ2n) is 6.81. The van der Waals surface area contributed by atoms with E-state index in [0.29, 0.717) is 24.1 Å². The third-order valence-corrected chi connectivity index (χ3v) is 6.00. The van der Waals surface area contributed by atoms with E-state index in [4.69, 9.17) is 0 Å². The Kier molecular flexibility index (Phi) is 5.76. The smallest absolute Gasteiger partial charge is 0.261 e. The van der Waals surface area contributed by atoms with Gasteiger partial charge in [0.25, 0.3) is 11.8 Å². The molecule has 1 aromatic heterocycles. The van der Waals surface area contributed by atoms with E-state index in [1.165, 1.54) is 10.5 Å². The lowest BCUT2D eigenvalue weighted by molar-refractivity contribution is 0.0655. The van der Waals surface area contributed by atoms with E-state index < -0.39 is 0 Å². The van der Waals surface area contributed by atoms with E-state index in [-0.39, 0.29) is 11.8 Å². The number of thioether (sulfide) groups is 1. The summed E-state index contributed by atoms with van der Waals surface area (Å²) in [5, 5.41) is 9.58. The second kappa shape index (κ2) is 8.61. The Labute approximate surface area is 173 Å². The normalized spacial score (nSPS) is 13.2. The lowest BCUT2D eigenvalue weighted by atomic mass is 10.1. The standard InChI is InChI=1S/C22H22N4O2S/c1-2-25-19(15-16-9-4-3-5-10-16)23-24-22(25)29-14-8-13-26-20(27)17-11-6-7-12-18(17)21(26)28/h3-7,9-12H,2,8,13-15H2,1H3. The first-order chi connectivity index (χ1) is 14.2. The monoisotopic (exact) mass is 406 g/mol. The van der Waals surface area contributed by atoms with Crippen LogP contribution in [0.15, 0.2) is 59.8 Å². The van der Waals surface area contributed by atoms with Gasteiger partial charge < -0.3 is 4.57 Å². The Morgan fingerprint density at radius 3 is 2.21 bits per heavy atom. The van der Waals surface area contributed by atoms with Crippen LogP contribution < -0.4 is 0 Å². The lowest BCUT2D eigenvalue weighted by Gasteiger charge is -2.13. The van der Waals surface area contributed by atoms with Crippen LogP contribution in [0, 0.1) is 0 Å². The molecule has 1 aliphatic heterocycles. The minimum atomic E-state index is -0.197. The van der Waals surface area contributed by atoms with Crippen molar-refractivity contribution in [2.24, 2.45) is 0 Å². The number of hydrogen-bond acceptors (Lipinski definition) is 5. The van der Waals surface area contributed by atoms with Crippen molar-refractivity contribution in [1.82, 2.24) is 19.7 Å². The van der Waals surface area contributed by atoms with Crippen LogP contribution in [0.2, 0.25) is 0 Å². The van der Waals surface area contributed by atoms with Gasteiger partial charge >= 0.3 is 0 Å². The molecule has 6 nitrogen and oxygen atoms in total. The van der Waals surface area contributed by atoms with Gasteiger partial charge in [0.15, 0.2) is 5.16 Å². The van der Waals surface area contributed by atoms with Crippen LogP contribution in [0.4, 0.5) is 0 Å². The zero-order chi connectivity index (χ0) is 20.2. The van der Waals surface area contributed by atoms with Gasteiger partial charge in [0.2, 0.25) is 0 Å². The quantitative estimate of drug-likeness (QED) is 0.324.